The van der Waals surface area contributed by atoms with Crippen LogP contribution in [0.5, 0.6) is 11.5 Å². The average molecular weight is 447 g/mol. The number of carbonyl (C=O) groups is 1. The second kappa shape index (κ2) is 10.0. The number of benzene rings is 2. The molecule has 1 N–H and O–H groups in total. The van der Waals surface area contributed by atoms with Gasteiger partial charge in [0, 0.05) is 5.69 Å². The van der Waals surface area contributed by atoms with Gasteiger partial charge in [0.05, 0.1) is 24.7 Å². The summed E-state index contributed by atoms with van der Waals surface area (Å²) in [6, 6.07) is 12.8. The second-order valence-electron chi connectivity index (χ2n) is 7.70. The van der Waals surface area contributed by atoms with Gasteiger partial charge in [0.15, 0.2) is 0 Å². The van der Waals surface area contributed by atoms with Gasteiger partial charge in [-0.1, -0.05) is 0 Å². The standard InChI is InChI=1S/C23H30N2O5S/c1-4-29-20-15-11-19(12-16-20)25(31(3,27)28)17(2)23(26)24-18-9-13-22(14-10-18)30-21-7-5-6-8-21/h9-17,21H,4-8H2,1-3H3,(H,24,26)/t17-/m1/s1. The quantitative estimate of drug-likeness (QED) is 0.624. The van der Waals surface area contributed by atoms with E-state index in [1.807, 2.05) is 19.1 Å². The van der Waals surface area contributed by atoms with Crippen LogP contribution >= 0.6 is 0 Å². The third-order valence-corrected chi connectivity index (χ3v) is 6.46. The highest BCUT2D eigenvalue weighted by atomic mass is 32.2. The third-order valence-electron chi connectivity index (χ3n) is 5.22. The van der Waals surface area contributed by atoms with E-state index < -0.39 is 22.0 Å². The number of hydrogen-bond acceptors (Lipinski definition) is 5. The molecule has 1 aliphatic rings. The Morgan fingerprint density at radius 2 is 1.65 bits per heavy atom. The number of carbonyl (C=O) groups excluding carboxylic acids is 1. The molecular formula is C23H30N2O5S. The third kappa shape index (κ3) is 6.13. The molecule has 0 heterocycles. The fourth-order valence-electron chi connectivity index (χ4n) is 3.73. The molecular weight excluding hydrogens is 416 g/mol. The van der Waals surface area contributed by atoms with Crippen LogP contribution in [0.3, 0.4) is 0 Å². The smallest absolute Gasteiger partial charge is 0.247 e. The molecule has 8 heteroatoms. The first-order valence-electron chi connectivity index (χ1n) is 10.6. The van der Waals surface area contributed by atoms with Crippen molar-refractivity contribution < 1.29 is 22.7 Å². The van der Waals surface area contributed by atoms with Crippen molar-refractivity contribution in [1.29, 1.82) is 0 Å². The molecule has 1 fully saturated rings. The fourth-order valence-corrected chi connectivity index (χ4v) is 4.90. The molecule has 0 unspecified atom stereocenters. The van der Waals surface area contributed by atoms with Crippen molar-refractivity contribution in [2.24, 2.45) is 0 Å². The summed E-state index contributed by atoms with van der Waals surface area (Å²) in [4.78, 5) is 12.8. The van der Waals surface area contributed by atoms with Crippen LogP contribution in [0.4, 0.5) is 11.4 Å². The van der Waals surface area contributed by atoms with Crippen molar-refractivity contribution in [3.63, 3.8) is 0 Å². The number of nitrogens with zero attached hydrogens (tertiary/aromatic N) is 1. The highest BCUT2D eigenvalue weighted by Gasteiger charge is 2.29. The molecule has 7 nitrogen and oxygen atoms in total. The van der Waals surface area contributed by atoms with E-state index in [2.05, 4.69) is 5.32 Å². The number of sulfonamides is 1. The molecule has 0 aliphatic heterocycles. The molecule has 31 heavy (non-hydrogen) atoms. The van der Waals surface area contributed by atoms with Gasteiger partial charge in [-0.05, 0) is 88.1 Å². The normalized spacial score (nSPS) is 15.3. The lowest BCUT2D eigenvalue weighted by atomic mass is 10.2. The zero-order valence-corrected chi connectivity index (χ0v) is 19.0. The van der Waals surface area contributed by atoms with Crippen molar-refractivity contribution in [2.45, 2.75) is 51.7 Å². The van der Waals surface area contributed by atoms with Gasteiger partial charge >= 0.3 is 0 Å². The molecule has 0 radical (unpaired) electrons. The second-order valence-corrected chi connectivity index (χ2v) is 9.56. The number of anilines is 2. The minimum atomic E-state index is -3.69. The average Bonchev–Trinajstić information content (AvgIpc) is 3.23. The number of ether oxygens (including phenoxy) is 2. The lowest BCUT2D eigenvalue weighted by Gasteiger charge is -2.28. The molecule has 0 bridgehead atoms. The first-order chi connectivity index (χ1) is 14.8. The van der Waals surface area contributed by atoms with Gasteiger partial charge in [0.2, 0.25) is 15.9 Å². The van der Waals surface area contributed by atoms with E-state index in [1.54, 1.807) is 43.3 Å². The zero-order chi connectivity index (χ0) is 22.4. The Morgan fingerprint density at radius 3 is 2.19 bits per heavy atom. The zero-order valence-electron chi connectivity index (χ0n) is 18.2. The number of nitrogens with one attached hydrogen (secondary N) is 1. The molecule has 0 aromatic heterocycles. The lowest BCUT2D eigenvalue weighted by molar-refractivity contribution is -0.116. The predicted octanol–water partition coefficient (Wildman–Crippen LogP) is 4.20. The Labute approximate surface area is 184 Å². The van der Waals surface area contributed by atoms with Crippen LogP contribution in [-0.2, 0) is 14.8 Å². The van der Waals surface area contributed by atoms with Gasteiger partial charge in [0.1, 0.15) is 17.5 Å². The van der Waals surface area contributed by atoms with E-state index in [9.17, 15) is 13.2 Å². The minimum Gasteiger partial charge on any atom is -0.494 e. The fraction of sp³-hybridized carbons (Fsp3) is 0.435. The molecule has 1 amide bonds. The van der Waals surface area contributed by atoms with Crippen LogP contribution < -0.4 is 19.1 Å². The first-order valence-corrected chi connectivity index (χ1v) is 12.4. The molecule has 168 valence electrons. The van der Waals surface area contributed by atoms with E-state index in [0.717, 1.165) is 29.2 Å². The summed E-state index contributed by atoms with van der Waals surface area (Å²) < 4.78 is 37.4. The Kier molecular flexibility index (Phi) is 7.43. The SMILES string of the molecule is CCOc1ccc(N([C@H](C)C(=O)Nc2ccc(OC3CCCC3)cc2)S(C)(=O)=O)cc1. The molecule has 1 atom stereocenters. The van der Waals surface area contributed by atoms with Crippen LogP contribution in [0.1, 0.15) is 39.5 Å². The monoisotopic (exact) mass is 446 g/mol. The number of rotatable bonds is 9. The summed E-state index contributed by atoms with van der Waals surface area (Å²) in [5.41, 5.74) is 0.977. The van der Waals surface area contributed by atoms with Gasteiger partial charge in [-0.15, -0.1) is 0 Å². The largest absolute Gasteiger partial charge is 0.494 e. The van der Waals surface area contributed by atoms with Crippen molar-refractivity contribution in [3.05, 3.63) is 48.5 Å². The maximum Gasteiger partial charge on any atom is 0.247 e. The molecule has 3 rings (SSSR count). The Morgan fingerprint density at radius 1 is 1.06 bits per heavy atom. The van der Waals surface area contributed by atoms with Gasteiger partial charge < -0.3 is 14.8 Å². The maximum absolute atomic E-state index is 12.8. The van der Waals surface area contributed by atoms with Crippen LogP contribution in [0.15, 0.2) is 48.5 Å². The van der Waals surface area contributed by atoms with Crippen molar-refractivity contribution in [1.82, 2.24) is 0 Å². The van der Waals surface area contributed by atoms with E-state index in [4.69, 9.17) is 9.47 Å². The summed E-state index contributed by atoms with van der Waals surface area (Å²) in [5, 5.41) is 2.79. The topological polar surface area (TPSA) is 84.9 Å². The molecule has 0 spiro atoms. The molecule has 0 saturated heterocycles. The van der Waals surface area contributed by atoms with Crippen molar-refractivity contribution >= 4 is 27.3 Å². The lowest BCUT2D eigenvalue weighted by Crippen LogP contribution is -2.45. The van der Waals surface area contributed by atoms with Gasteiger partial charge in [-0.25, -0.2) is 8.42 Å². The molecule has 1 saturated carbocycles. The summed E-state index contributed by atoms with van der Waals surface area (Å²) in [6.45, 7) is 3.94. The van der Waals surface area contributed by atoms with E-state index in [1.165, 1.54) is 12.8 Å². The molecule has 1 aliphatic carbocycles. The van der Waals surface area contributed by atoms with Crippen molar-refractivity contribution in [3.8, 4) is 11.5 Å². The Balaban J connectivity index is 1.69. The highest BCUT2D eigenvalue weighted by Crippen LogP contribution is 2.26. The number of hydrogen-bond donors (Lipinski definition) is 1. The van der Waals surface area contributed by atoms with Gasteiger partial charge in [-0.3, -0.25) is 9.10 Å². The molecule has 2 aromatic carbocycles. The summed E-state index contributed by atoms with van der Waals surface area (Å²) in [5.74, 6) is 0.977. The van der Waals surface area contributed by atoms with Gasteiger partial charge in [-0.2, -0.15) is 0 Å². The van der Waals surface area contributed by atoms with Crippen LogP contribution in [0.25, 0.3) is 0 Å². The number of amides is 1. The first kappa shape index (κ1) is 22.9. The predicted molar refractivity (Wildman–Crippen MR) is 122 cm³/mol. The minimum absolute atomic E-state index is 0.262. The highest BCUT2D eigenvalue weighted by molar-refractivity contribution is 7.92. The summed E-state index contributed by atoms with van der Waals surface area (Å²) in [7, 11) is -3.69. The van der Waals surface area contributed by atoms with Gasteiger partial charge in [0.25, 0.3) is 0 Å². The van der Waals surface area contributed by atoms with E-state index in [-0.39, 0.29) is 6.10 Å². The van der Waals surface area contributed by atoms with Crippen LogP contribution in [0.2, 0.25) is 0 Å². The van der Waals surface area contributed by atoms with Crippen molar-refractivity contribution in [2.75, 3.05) is 22.5 Å². The van der Waals surface area contributed by atoms with Crippen LogP contribution in [-0.4, -0.2) is 39.3 Å². The Bertz CT molecular complexity index is 968. The summed E-state index contributed by atoms with van der Waals surface area (Å²) >= 11 is 0. The Hall–Kier alpha value is -2.74. The molecule has 2 aromatic rings. The van der Waals surface area contributed by atoms with Crippen LogP contribution in [0, 0.1) is 0 Å². The maximum atomic E-state index is 12.8. The summed E-state index contributed by atoms with van der Waals surface area (Å²) in [6.07, 6.45) is 5.88. The van der Waals surface area contributed by atoms with E-state index in [0.29, 0.717) is 23.7 Å². The van der Waals surface area contributed by atoms with E-state index >= 15 is 0 Å².